The molecule has 3 amide bonds. The van der Waals surface area contributed by atoms with E-state index in [0.29, 0.717) is 47.4 Å². The van der Waals surface area contributed by atoms with Gasteiger partial charge in [-0.2, -0.15) is 0 Å². The lowest BCUT2D eigenvalue weighted by atomic mass is 10.2. The Kier molecular flexibility index (Phi) is 5.57. The first-order chi connectivity index (χ1) is 14.6. The van der Waals surface area contributed by atoms with Gasteiger partial charge in [0.1, 0.15) is 6.26 Å². The molecule has 3 heterocycles. The van der Waals surface area contributed by atoms with Crippen LogP contribution in [-0.4, -0.2) is 42.6 Å². The molecule has 1 aromatic carbocycles. The standard InChI is InChI=1S/C20H20N4O5S/c1-27-15-4-3-13(9-16(15)28-2)21-20(26)24-7-5-14-17(10-24)30-19(22-14)23-18(25)12-6-8-29-11-12/h3-4,6,8-9,11H,5,7,10H2,1-2H3,(H,21,26)(H,22,23,25). The highest BCUT2D eigenvalue weighted by atomic mass is 32.1. The summed E-state index contributed by atoms with van der Waals surface area (Å²) in [5, 5.41) is 6.16. The van der Waals surface area contributed by atoms with Crippen molar-refractivity contribution in [3.63, 3.8) is 0 Å². The second-order valence-corrected chi connectivity index (χ2v) is 7.61. The Morgan fingerprint density at radius 1 is 1.17 bits per heavy atom. The Hall–Kier alpha value is -3.53. The summed E-state index contributed by atoms with van der Waals surface area (Å²) in [5.74, 6) is 0.849. The number of hydrogen-bond acceptors (Lipinski definition) is 7. The van der Waals surface area contributed by atoms with Crippen LogP contribution in [0.3, 0.4) is 0 Å². The van der Waals surface area contributed by atoms with Gasteiger partial charge in [0.25, 0.3) is 5.91 Å². The summed E-state index contributed by atoms with van der Waals surface area (Å²) in [7, 11) is 3.10. The van der Waals surface area contributed by atoms with Gasteiger partial charge in [-0.05, 0) is 18.2 Å². The summed E-state index contributed by atoms with van der Waals surface area (Å²) in [5.41, 5.74) is 1.94. The van der Waals surface area contributed by atoms with Crippen molar-refractivity contribution in [1.29, 1.82) is 0 Å². The van der Waals surface area contributed by atoms with Crippen LogP contribution in [0.25, 0.3) is 0 Å². The molecule has 156 valence electrons. The van der Waals surface area contributed by atoms with Crippen molar-refractivity contribution in [2.24, 2.45) is 0 Å². The van der Waals surface area contributed by atoms with Crippen molar-refractivity contribution in [1.82, 2.24) is 9.88 Å². The summed E-state index contributed by atoms with van der Waals surface area (Å²) >= 11 is 1.37. The topological polar surface area (TPSA) is 106 Å². The fourth-order valence-electron chi connectivity index (χ4n) is 3.10. The number of carbonyl (C=O) groups is 2. The van der Waals surface area contributed by atoms with E-state index in [9.17, 15) is 9.59 Å². The Balaban J connectivity index is 1.41. The zero-order chi connectivity index (χ0) is 21.1. The minimum absolute atomic E-state index is 0.217. The van der Waals surface area contributed by atoms with E-state index in [-0.39, 0.29) is 11.9 Å². The van der Waals surface area contributed by atoms with E-state index in [2.05, 4.69) is 15.6 Å². The molecule has 4 rings (SSSR count). The minimum Gasteiger partial charge on any atom is -0.493 e. The monoisotopic (exact) mass is 428 g/mol. The number of hydrogen-bond donors (Lipinski definition) is 2. The molecule has 1 aliphatic rings. The zero-order valence-corrected chi connectivity index (χ0v) is 17.2. The average molecular weight is 428 g/mol. The van der Waals surface area contributed by atoms with Crippen LogP contribution in [-0.2, 0) is 13.0 Å². The first kappa shape index (κ1) is 19.8. The number of furan rings is 1. The van der Waals surface area contributed by atoms with Gasteiger partial charge in [0.2, 0.25) is 0 Å². The third-order valence-electron chi connectivity index (χ3n) is 4.66. The summed E-state index contributed by atoms with van der Waals surface area (Å²) in [6, 6.07) is 6.57. The van der Waals surface area contributed by atoms with Gasteiger partial charge >= 0.3 is 6.03 Å². The number of methoxy groups -OCH3 is 2. The summed E-state index contributed by atoms with van der Waals surface area (Å²) in [6.07, 6.45) is 3.44. The van der Waals surface area contributed by atoms with Crippen molar-refractivity contribution < 1.29 is 23.5 Å². The molecule has 0 bridgehead atoms. The number of ether oxygens (including phenoxy) is 2. The van der Waals surface area contributed by atoms with E-state index in [0.717, 1.165) is 10.6 Å². The van der Waals surface area contributed by atoms with Crippen LogP contribution in [0.4, 0.5) is 15.6 Å². The number of aromatic nitrogens is 1. The molecule has 0 saturated carbocycles. The summed E-state index contributed by atoms with van der Waals surface area (Å²) in [6.45, 7) is 0.957. The highest BCUT2D eigenvalue weighted by molar-refractivity contribution is 7.15. The lowest BCUT2D eigenvalue weighted by Gasteiger charge is -2.26. The maximum absolute atomic E-state index is 12.7. The molecule has 0 saturated heterocycles. The molecule has 0 atom stereocenters. The average Bonchev–Trinajstić information content (AvgIpc) is 3.42. The molecule has 0 radical (unpaired) electrons. The number of thiazole rings is 1. The second kappa shape index (κ2) is 8.46. The Labute approximate surface area is 176 Å². The zero-order valence-electron chi connectivity index (χ0n) is 16.4. The van der Waals surface area contributed by atoms with Gasteiger partial charge in [0.15, 0.2) is 16.6 Å². The molecule has 0 spiro atoms. The smallest absolute Gasteiger partial charge is 0.322 e. The number of benzene rings is 1. The summed E-state index contributed by atoms with van der Waals surface area (Å²) in [4.78, 5) is 32.0. The van der Waals surface area contributed by atoms with Crippen molar-refractivity contribution >= 4 is 34.1 Å². The number of anilines is 2. The Bertz CT molecular complexity index is 1060. The number of urea groups is 1. The van der Waals surface area contributed by atoms with Crippen LogP contribution < -0.4 is 20.1 Å². The Morgan fingerprint density at radius 3 is 2.73 bits per heavy atom. The lowest BCUT2D eigenvalue weighted by molar-refractivity contribution is 0.102. The van der Waals surface area contributed by atoms with Gasteiger partial charge < -0.3 is 24.1 Å². The molecule has 2 N–H and O–H groups in total. The van der Waals surface area contributed by atoms with Gasteiger partial charge in [0, 0.05) is 29.6 Å². The molecule has 9 nitrogen and oxygen atoms in total. The van der Waals surface area contributed by atoms with Crippen LogP contribution >= 0.6 is 11.3 Å². The van der Waals surface area contributed by atoms with Gasteiger partial charge in [-0.15, -0.1) is 0 Å². The number of rotatable bonds is 5. The molecular weight excluding hydrogens is 408 g/mol. The number of carbonyl (C=O) groups excluding carboxylic acids is 2. The van der Waals surface area contributed by atoms with Crippen molar-refractivity contribution in [2.45, 2.75) is 13.0 Å². The summed E-state index contributed by atoms with van der Waals surface area (Å²) < 4.78 is 15.4. The van der Waals surface area contributed by atoms with Gasteiger partial charge in [-0.25, -0.2) is 9.78 Å². The molecule has 10 heteroatoms. The van der Waals surface area contributed by atoms with Gasteiger partial charge in [0.05, 0.1) is 38.3 Å². The van der Waals surface area contributed by atoms with Crippen LogP contribution in [0.15, 0.2) is 41.2 Å². The highest BCUT2D eigenvalue weighted by Crippen LogP contribution is 2.31. The first-order valence-corrected chi connectivity index (χ1v) is 9.99. The Morgan fingerprint density at radius 2 is 2.00 bits per heavy atom. The highest BCUT2D eigenvalue weighted by Gasteiger charge is 2.25. The van der Waals surface area contributed by atoms with Gasteiger partial charge in [-0.3, -0.25) is 10.1 Å². The molecule has 0 aliphatic carbocycles. The lowest BCUT2D eigenvalue weighted by Crippen LogP contribution is -2.38. The third kappa shape index (κ3) is 4.08. The second-order valence-electron chi connectivity index (χ2n) is 6.53. The van der Waals surface area contributed by atoms with Crippen LogP contribution in [0.1, 0.15) is 20.9 Å². The normalized spacial score (nSPS) is 12.8. The third-order valence-corrected chi connectivity index (χ3v) is 5.65. The molecule has 1 aliphatic heterocycles. The first-order valence-electron chi connectivity index (χ1n) is 9.17. The predicted molar refractivity (Wildman–Crippen MR) is 111 cm³/mol. The predicted octanol–water partition coefficient (Wildman–Crippen LogP) is 3.60. The van der Waals surface area contributed by atoms with Crippen LogP contribution in [0.2, 0.25) is 0 Å². The minimum atomic E-state index is -0.280. The van der Waals surface area contributed by atoms with Crippen LogP contribution in [0, 0.1) is 0 Å². The van der Waals surface area contributed by atoms with E-state index in [4.69, 9.17) is 13.9 Å². The van der Waals surface area contributed by atoms with E-state index in [1.54, 1.807) is 43.4 Å². The molecule has 30 heavy (non-hydrogen) atoms. The van der Waals surface area contributed by atoms with Crippen molar-refractivity contribution in [3.8, 4) is 11.5 Å². The largest absolute Gasteiger partial charge is 0.493 e. The van der Waals surface area contributed by atoms with Crippen LogP contribution in [0.5, 0.6) is 11.5 Å². The van der Waals surface area contributed by atoms with E-state index >= 15 is 0 Å². The maximum atomic E-state index is 12.7. The molecule has 2 aromatic heterocycles. The van der Waals surface area contributed by atoms with E-state index in [1.807, 2.05) is 0 Å². The number of fused-ring (bicyclic) bond motifs is 1. The SMILES string of the molecule is COc1ccc(NC(=O)N2CCc3nc(NC(=O)c4ccoc4)sc3C2)cc1OC. The molecule has 0 unspecified atom stereocenters. The fraction of sp³-hybridized carbons (Fsp3) is 0.250. The fourth-order valence-corrected chi connectivity index (χ4v) is 4.12. The molecular formula is C20H20N4O5S. The number of nitrogens with zero attached hydrogens (tertiary/aromatic N) is 2. The number of amides is 3. The van der Waals surface area contributed by atoms with Gasteiger partial charge in [-0.1, -0.05) is 11.3 Å². The van der Waals surface area contributed by atoms with Crippen molar-refractivity contribution in [2.75, 3.05) is 31.4 Å². The molecule has 0 fully saturated rings. The molecule has 3 aromatic rings. The number of nitrogens with one attached hydrogen (secondary N) is 2. The van der Waals surface area contributed by atoms with E-state index < -0.39 is 0 Å². The van der Waals surface area contributed by atoms with Crippen molar-refractivity contribution in [3.05, 3.63) is 52.9 Å². The quantitative estimate of drug-likeness (QED) is 0.643. The van der Waals surface area contributed by atoms with E-state index in [1.165, 1.54) is 23.9 Å². The maximum Gasteiger partial charge on any atom is 0.322 e.